The Morgan fingerprint density at radius 1 is 0.920 bits per heavy atom. The highest BCUT2D eigenvalue weighted by atomic mass is 16.5. The molecular formula is C20H23NO4. The average molecular weight is 341 g/mol. The van der Waals surface area contributed by atoms with Crippen molar-refractivity contribution < 1.29 is 19.5 Å². The van der Waals surface area contributed by atoms with Gasteiger partial charge in [0.1, 0.15) is 12.4 Å². The van der Waals surface area contributed by atoms with E-state index in [2.05, 4.69) is 5.16 Å². The Bertz CT molecular complexity index is 656. The van der Waals surface area contributed by atoms with Gasteiger partial charge in [0.15, 0.2) is 5.71 Å². The van der Waals surface area contributed by atoms with Gasteiger partial charge in [-0.2, -0.15) is 0 Å². The molecule has 1 N–H and O–H groups in total. The van der Waals surface area contributed by atoms with Crippen LogP contribution in [0, 0.1) is 0 Å². The normalized spacial score (nSPS) is 11.1. The first-order chi connectivity index (χ1) is 12.3. The second-order valence-electron chi connectivity index (χ2n) is 5.58. The molecule has 0 saturated carbocycles. The molecule has 2 aromatic carbocycles. The number of rotatable bonds is 10. The van der Waals surface area contributed by atoms with Crippen LogP contribution in [0.2, 0.25) is 0 Å². The van der Waals surface area contributed by atoms with Crippen LogP contribution in [0.5, 0.6) is 5.75 Å². The van der Waals surface area contributed by atoms with E-state index in [1.165, 1.54) is 0 Å². The Balaban J connectivity index is 1.60. The molecule has 0 aliphatic carbocycles. The van der Waals surface area contributed by atoms with Crippen LogP contribution in [0.4, 0.5) is 0 Å². The molecule has 0 heterocycles. The Labute approximate surface area is 147 Å². The fourth-order valence-electron chi connectivity index (χ4n) is 2.28. The van der Waals surface area contributed by atoms with Crippen LogP contribution in [-0.2, 0) is 16.1 Å². The summed E-state index contributed by atoms with van der Waals surface area (Å²) in [6.07, 6.45) is 2.86. The quantitative estimate of drug-likeness (QED) is 0.231. The van der Waals surface area contributed by atoms with Gasteiger partial charge in [0.25, 0.3) is 0 Å². The van der Waals surface area contributed by atoms with Crippen LogP contribution in [0.1, 0.15) is 31.2 Å². The third-order valence-electron chi connectivity index (χ3n) is 3.64. The van der Waals surface area contributed by atoms with E-state index in [0.717, 1.165) is 30.6 Å². The maximum absolute atomic E-state index is 11.9. The van der Waals surface area contributed by atoms with Crippen LogP contribution in [0.15, 0.2) is 65.8 Å². The molecule has 0 radical (unpaired) electrons. The van der Waals surface area contributed by atoms with Crippen LogP contribution in [0.25, 0.3) is 0 Å². The van der Waals surface area contributed by atoms with E-state index in [1.54, 1.807) is 0 Å². The van der Waals surface area contributed by atoms with Crippen LogP contribution in [0.3, 0.4) is 0 Å². The summed E-state index contributed by atoms with van der Waals surface area (Å²) >= 11 is 0. The SMILES string of the molecule is O=C(OCc1ccccc1)C(CCCCCOc1ccccc1)=NO. The van der Waals surface area contributed by atoms with E-state index < -0.39 is 5.97 Å². The largest absolute Gasteiger partial charge is 0.494 e. The lowest BCUT2D eigenvalue weighted by Gasteiger charge is -2.07. The molecule has 2 rings (SSSR count). The van der Waals surface area contributed by atoms with Crippen molar-refractivity contribution in [2.24, 2.45) is 5.16 Å². The molecule has 0 aliphatic rings. The highest BCUT2D eigenvalue weighted by Crippen LogP contribution is 2.10. The van der Waals surface area contributed by atoms with Crippen LogP contribution < -0.4 is 4.74 Å². The first kappa shape index (κ1) is 18.5. The van der Waals surface area contributed by atoms with Gasteiger partial charge in [0.2, 0.25) is 0 Å². The fraction of sp³-hybridized carbons (Fsp3) is 0.300. The zero-order valence-electron chi connectivity index (χ0n) is 14.1. The number of hydrogen-bond donors (Lipinski definition) is 1. The Hall–Kier alpha value is -2.82. The number of para-hydroxylation sites is 1. The molecule has 0 fully saturated rings. The van der Waals surface area contributed by atoms with Gasteiger partial charge in [0.05, 0.1) is 6.61 Å². The van der Waals surface area contributed by atoms with E-state index in [-0.39, 0.29) is 12.3 Å². The second kappa shape index (κ2) is 10.9. The molecule has 5 nitrogen and oxygen atoms in total. The molecule has 0 aromatic heterocycles. The summed E-state index contributed by atoms with van der Waals surface area (Å²) < 4.78 is 10.8. The van der Waals surface area contributed by atoms with E-state index in [9.17, 15) is 4.79 Å². The molecule has 2 aromatic rings. The van der Waals surface area contributed by atoms with Gasteiger partial charge in [-0.25, -0.2) is 4.79 Å². The minimum Gasteiger partial charge on any atom is -0.494 e. The first-order valence-electron chi connectivity index (χ1n) is 8.39. The molecule has 0 saturated heterocycles. The van der Waals surface area contributed by atoms with Crippen molar-refractivity contribution in [3.63, 3.8) is 0 Å². The summed E-state index contributed by atoms with van der Waals surface area (Å²) in [4.78, 5) is 11.9. The number of benzene rings is 2. The predicted molar refractivity (Wildman–Crippen MR) is 95.9 cm³/mol. The molecule has 132 valence electrons. The number of oxime groups is 1. The summed E-state index contributed by atoms with van der Waals surface area (Å²) in [5.41, 5.74) is 0.950. The van der Waals surface area contributed by atoms with E-state index >= 15 is 0 Å². The maximum Gasteiger partial charge on any atom is 0.356 e. The fourth-order valence-corrected chi connectivity index (χ4v) is 2.28. The number of ether oxygens (including phenoxy) is 2. The van der Waals surface area contributed by atoms with Crippen LogP contribution in [-0.4, -0.2) is 23.5 Å². The molecule has 0 bridgehead atoms. The maximum atomic E-state index is 11.9. The van der Waals surface area contributed by atoms with E-state index in [1.807, 2.05) is 60.7 Å². The van der Waals surface area contributed by atoms with Gasteiger partial charge in [0, 0.05) is 6.42 Å². The van der Waals surface area contributed by atoms with Gasteiger partial charge in [-0.05, 0) is 37.0 Å². The Morgan fingerprint density at radius 3 is 2.28 bits per heavy atom. The topological polar surface area (TPSA) is 68.1 Å². The summed E-state index contributed by atoms with van der Waals surface area (Å²) in [7, 11) is 0. The third-order valence-corrected chi connectivity index (χ3v) is 3.64. The van der Waals surface area contributed by atoms with Gasteiger partial charge < -0.3 is 14.7 Å². The summed E-state index contributed by atoms with van der Waals surface area (Å²) in [5, 5.41) is 12.1. The number of esters is 1. The van der Waals surface area contributed by atoms with Crippen molar-refractivity contribution in [1.29, 1.82) is 0 Å². The monoisotopic (exact) mass is 341 g/mol. The predicted octanol–water partition coefficient (Wildman–Crippen LogP) is 4.20. The zero-order valence-corrected chi connectivity index (χ0v) is 14.1. The van der Waals surface area contributed by atoms with E-state index in [4.69, 9.17) is 14.7 Å². The number of unbranched alkanes of at least 4 members (excludes halogenated alkanes) is 2. The third kappa shape index (κ3) is 7.08. The standard InChI is InChI=1S/C20H23NO4/c22-20(25-16-17-10-4-1-5-11-17)19(21-23)14-8-3-9-15-24-18-12-6-2-7-13-18/h1-2,4-7,10-13,23H,3,8-9,14-16H2. The highest BCUT2D eigenvalue weighted by Gasteiger charge is 2.13. The minimum atomic E-state index is -0.577. The lowest BCUT2D eigenvalue weighted by atomic mass is 10.1. The lowest BCUT2D eigenvalue weighted by molar-refractivity contribution is -0.137. The first-order valence-corrected chi connectivity index (χ1v) is 8.39. The van der Waals surface area contributed by atoms with Crippen molar-refractivity contribution >= 4 is 11.7 Å². The molecule has 0 aliphatic heterocycles. The molecule has 0 amide bonds. The van der Waals surface area contributed by atoms with Crippen molar-refractivity contribution in [1.82, 2.24) is 0 Å². The zero-order chi connectivity index (χ0) is 17.7. The smallest absolute Gasteiger partial charge is 0.356 e. The molecule has 0 atom stereocenters. The number of carbonyl (C=O) groups excluding carboxylic acids is 1. The van der Waals surface area contributed by atoms with Gasteiger partial charge in [-0.1, -0.05) is 53.7 Å². The van der Waals surface area contributed by atoms with Gasteiger partial charge >= 0.3 is 5.97 Å². The Kier molecular flexibility index (Phi) is 8.05. The molecular weight excluding hydrogens is 318 g/mol. The molecule has 5 heteroatoms. The van der Waals surface area contributed by atoms with E-state index in [0.29, 0.717) is 13.0 Å². The van der Waals surface area contributed by atoms with Gasteiger partial charge in [-0.15, -0.1) is 0 Å². The molecule has 25 heavy (non-hydrogen) atoms. The molecule has 0 spiro atoms. The number of hydrogen-bond acceptors (Lipinski definition) is 5. The highest BCUT2D eigenvalue weighted by molar-refractivity contribution is 6.36. The summed E-state index contributed by atoms with van der Waals surface area (Å²) in [5.74, 6) is 0.275. The van der Waals surface area contributed by atoms with Gasteiger partial charge in [-0.3, -0.25) is 0 Å². The number of nitrogens with zero attached hydrogens (tertiary/aromatic N) is 1. The summed E-state index contributed by atoms with van der Waals surface area (Å²) in [6.45, 7) is 0.789. The van der Waals surface area contributed by atoms with Crippen molar-refractivity contribution in [3.05, 3.63) is 66.2 Å². The van der Waals surface area contributed by atoms with Crippen molar-refractivity contribution in [3.8, 4) is 5.75 Å². The molecule has 0 unspecified atom stereocenters. The van der Waals surface area contributed by atoms with Crippen LogP contribution >= 0.6 is 0 Å². The Morgan fingerprint density at radius 2 is 1.60 bits per heavy atom. The number of carbonyl (C=O) groups is 1. The van der Waals surface area contributed by atoms with Crippen molar-refractivity contribution in [2.75, 3.05) is 6.61 Å². The second-order valence-corrected chi connectivity index (χ2v) is 5.58. The summed E-state index contributed by atoms with van der Waals surface area (Å²) in [6, 6.07) is 19.0. The lowest BCUT2D eigenvalue weighted by Crippen LogP contribution is -2.17. The average Bonchev–Trinajstić information content (AvgIpc) is 2.67. The van der Waals surface area contributed by atoms with Crippen molar-refractivity contribution in [2.45, 2.75) is 32.3 Å². The minimum absolute atomic E-state index is 0.0555.